The highest BCUT2D eigenvalue weighted by atomic mass is 19.1. The van der Waals surface area contributed by atoms with E-state index in [1.54, 1.807) is 24.3 Å². The highest BCUT2D eigenvalue weighted by Gasteiger charge is 2.23. The number of morpholine rings is 1. The number of benzene rings is 1. The molecule has 1 aliphatic heterocycles. The summed E-state index contributed by atoms with van der Waals surface area (Å²) in [6.45, 7) is 3.38. The maximum Gasteiger partial charge on any atom is 0.214 e. The Morgan fingerprint density at radius 1 is 1.13 bits per heavy atom. The molecule has 0 radical (unpaired) electrons. The normalized spacial score (nSPS) is 17.0. The number of hydrogen-bond acceptors (Lipinski definition) is 4. The Bertz CT molecular complexity index is 647. The van der Waals surface area contributed by atoms with Gasteiger partial charge in [-0.25, -0.2) is 9.37 Å². The molecule has 0 amide bonds. The molecular weight excluding hydrogens is 300 g/mol. The van der Waals surface area contributed by atoms with Gasteiger partial charge in [-0.15, -0.1) is 0 Å². The van der Waals surface area contributed by atoms with E-state index in [4.69, 9.17) is 4.74 Å². The third kappa shape index (κ3) is 4.24. The average Bonchev–Trinajstić information content (AvgIpc) is 2.56. The molecule has 1 aliphatic rings. The molecule has 0 bridgehead atoms. The molecule has 1 N–H and O–H groups in total. The predicted molar refractivity (Wildman–Crippen MR) is 84.2 cm³/mol. The molecule has 1 aromatic carbocycles. The van der Waals surface area contributed by atoms with Crippen LogP contribution in [0.1, 0.15) is 11.6 Å². The third-order valence-electron chi connectivity index (χ3n) is 3.91. The molecular formula is C17H19F2N3O. The van der Waals surface area contributed by atoms with Crippen LogP contribution in [0.25, 0.3) is 0 Å². The zero-order valence-electron chi connectivity index (χ0n) is 12.7. The molecule has 0 spiro atoms. The zero-order valence-corrected chi connectivity index (χ0v) is 12.7. The van der Waals surface area contributed by atoms with Crippen molar-refractivity contribution in [3.63, 3.8) is 0 Å². The summed E-state index contributed by atoms with van der Waals surface area (Å²) >= 11 is 0. The van der Waals surface area contributed by atoms with Crippen molar-refractivity contribution in [2.75, 3.05) is 38.2 Å². The molecule has 0 aliphatic carbocycles. The Morgan fingerprint density at radius 2 is 1.91 bits per heavy atom. The van der Waals surface area contributed by atoms with Crippen molar-refractivity contribution >= 4 is 5.82 Å². The summed E-state index contributed by atoms with van der Waals surface area (Å²) in [4.78, 5) is 6.05. The first-order valence-corrected chi connectivity index (χ1v) is 7.66. The Labute approximate surface area is 134 Å². The van der Waals surface area contributed by atoms with Crippen LogP contribution in [0, 0.1) is 11.8 Å². The second-order valence-corrected chi connectivity index (χ2v) is 5.45. The smallest absolute Gasteiger partial charge is 0.214 e. The lowest BCUT2D eigenvalue weighted by Crippen LogP contribution is -2.41. The lowest BCUT2D eigenvalue weighted by molar-refractivity contribution is 0.0186. The van der Waals surface area contributed by atoms with E-state index in [1.807, 2.05) is 6.07 Å². The van der Waals surface area contributed by atoms with Crippen LogP contribution in [-0.4, -0.2) is 42.7 Å². The summed E-state index contributed by atoms with van der Waals surface area (Å²) in [7, 11) is 0. The number of nitrogens with one attached hydrogen (secondary N) is 1. The lowest BCUT2D eigenvalue weighted by Gasteiger charge is -2.35. The van der Waals surface area contributed by atoms with Gasteiger partial charge in [-0.2, -0.15) is 4.39 Å². The third-order valence-corrected chi connectivity index (χ3v) is 3.91. The van der Waals surface area contributed by atoms with Crippen molar-refractivity contribution in [1.82, 2.24) is 9.88 Å². The summed E-state index contributed by atoms with van der Waals surface area (Å²) in [5.41, 5.74) is 0.885. The monoisotopic (exact) mass is 319 g/mol. The minimum Gasteiger partial charge on any atom is -0.379 e. The summed E-state index contributed by atoms with van der Waals surface area (Å²) in [6, 6.07) is 11.2. The number of rotatable bonds is 5. The van der Waals surface area contributed by atoms with Gasteiger partial charge in [0.2, 0.25) is 5.95 Å². The molecule has 3 rings (SSSR count). The first-order valence-electron chi connectivity index (χ1n) is 7.66. The lowest BCUT2D eigenvalue weighted by atomic mass is 10.0. The van der Waals surface area contributed by atoms with Crippen molar-refractivity contribution in [3.8, 4) is 0 Å². The molecule has 0 saturated carbocycles. The SMILES string of the molecule is Fc1cccc(C(CNc2cccc(F)n2)N2CCOCC2)c1. The summed E-state index contributed by atoms with van der Waals surface area (Å²) in [5.74, 6) is -0.312. The molecule has 1 saturated heterocycles. The van der Waals surface area contributed by atoms with E-state index in [0.29, 0.717) is 25.6 Å². The van der Waals surface area contributed by atoms with E-state index in [1.165, 1.54) is 12.1 Å². The molecule has 4 nitrogen and oxygen atoms in total. The zero-order chi connectivity index (χ0) is 16.1. The minimum atomic E-state index is -0.524. The highest BCUT2D eigenvalue weighted by Crippen LogP contribution is 2.23. The minimum absolute atomic E-state index is 0.0281. The van der Waals surface area contributed by atoms with E-state index >= 15 is 0 Å². The Morgan fingerprint density at radius 3 is 2.65 bits per heavy atom. The Hall–Kier alpha value is -2.05. The summed E-state index contributed by atoms with van der Waals surface area (Å²) in [6.07, 6.45) is 0. The van der Waals surface area contributed by atoms with Crippen molar-refractivity contribution in [1.29, 1.82) is 0 Å². The van der Waals surface area contributed by atoms with Gasteiger partial charge in [0.15, 0.2) is 0 Å². The van der Waals surface area contributed by atoms with Gasteiger partial charge in [0.1, 0.15) is 11.6 Å². The van der Waals surface area contributed by atoms with Crippen LogP contribution in [-0.2, 0) is 4.74 Å². The van der Waals surface area contributed by atoms with Crippen LogP contribution in [0.15, 0.2) is 42.5 Å². The van der Waals surface area contributed by atoms with E-state index in [2.05, 4.69) is 15.2 Å². The van der Waals surface area contributed by atoms with Gasteiger partial charge in [0.05, 0.1) is 19.3 Å². The van der Waals surface area contributed by atoms with Crippen molar-refractivity contribution in [2.45, 2.75) is 6.04 Å². The molecule has 2 heterocycles. The summed E-state index contributed by atoms with van der Waals surface area (Å²) in [5, 5.41) is 3.14. The topological polar surface area (TPSA) is 37.4 Å². The van der Waals surface area contributed by atoms with Crippen LogP contribution in [0.3, 0.4) is 0 Å². The van der Waals surface area contributed by atoms with Gasteiger partial charge in [-0.05, 0) is 29.8 Å². The van der Waals surface area contributed by atoms with E-state index in [-0.39, 0.29) is 11.9 Å². The van der Waals surface area contributed by atoms with Gasteiger partial charge in [0, 0.05) is 19.6 Å². The molecule has 1 unspecified atom stereocenters. The molecule has 1 atom stereocenters. The number of halogens is 2. The van der Waals surface area contributed by atoms with Crippen LogP contribution in [0.5, 0.6) is 0 Å². The molecule has 1 fully saturated rings. The van der Waals surface area contributed by atoms with Crippen LogP contribution in [0.4, 0.5) is 14.6 Å². The van der Waals surface area contributed by atoms with Gasteiger partial charge in [-0.3, -0.25) is 4.90 Å². The predicted octanol–water partition coefficient (Wildman–Crippen LogP) is 2.85. The fraction of sp³-hybridized carbons (Fsp3) is 0.353. The first kappa shape index (κ1) is 15.8. The van der Waals surface area contributed by atoms with E-state index < -0.39 is 5.95 Å². The number of ether oxygens (including phenoxy) is 1. The number of nitrogens with zero attached hydrogens (tertiary/aromatic N) is 2. The van der Waals surface area contributed by atoms with Gasteiger partial charge < -0.3 is 10.1 Å². The van der Waals surface area contributed by atoms with Crippen LogP contribution in [0.2, 0.25) is 0 Å². The second-order valence-electron chi connectivity index (χ2n) is 5.45. The number of hydrogen-bond donors (Lipinski definition) is 1. The summed E-state index contributed by atoms with van der Waals surface area (Å²) < 4.78 is 32.2. The van der Waals surface area contributed by atoms with Crippen LogP contribution >= 0.6 is 0 Å². The number of aromatic nitrogens is 1. The van der Waals surface area contributed by atoms with Gasteiger partial charge >= 0.3 is 0 Å². The quantitative estimate of drug-likeness (QED) is 0.860. The van der Waals surface area contributed by atoms with Gasteiger partial charge in [-0.1, -0.05) is 18.2 Å². The van der Waals surface area contributed by atoms with Crippen molar-refractivity contribution in [2.24, 2.45) is 0 Å². The van der Waals surface area contributed by atoms with E-state index in [0.717, 1.165) is 18.7 Å². The van der Waals surface area contributed by atoms with Gasteiger partial charge in [0.25, 0.3) is 0 Å². The largest absolute Gasteiger partial charge is 0.379 e. The Balaban J connectivity index is 1.77. The van der Waals surface area contributed by atoms with Crippen molar-refractivity contribution < 1.29 is 13.5 Å². The maximum absolute atomic E-state index is 13.6. The number of anilines is 1. The standard InChI is InChI=1S/C17H19F2N3O/c18-14-4-1-3-13(11-14)15(22-7-9-23-10-8-22)12-20-17-6-2-5-16(19)21-17/h1-6,11,15H,7-10,12H2,(H,20,21). The molecule has 6 heteroatoms. The van der Waals surface area contributed by atoms with E-state index in [9.17, 15) is 8.78 Å². The van der Waals surface area contributed by atoms with Crippen molar-refractivity contribution in [3.05, 3.63) is 59.8 Å². The fourth-order valence-corrected chi connectivity index (χ4v) is 2.77. The number of pyridine rings is 1. The highest BCUT2D eigenvalue weighted by molar-refractivity contribution is 5.35. The average molecular weight is 319 g/mol. The second kappa shape index (κ2) is 7.48. The van der Waals surface area contributed by atoms with Crippen LogP contribution < -0.4 is 5.32 Å². The first-order chi connectivity index (χ1) is 11.2. The maximum atomic E-state index is 13.6. The molecule has 23 heavy (non-hydrogen) atoms. The molecule has 2 aromatic rings. The molecule has 1 aromatic heterocycles. The fourth-order valence-electron chi connectivity index (χ4n) is 2.77. The Kier molecular flexibility index (Phi) is 5.15. The molecule has 122 valence electrons.